The quantitative estimate of drug-likeness (QED) is 0.595. The van der Waals surface area contributed by atoms with Crippen LogP contribution in [-0.2, 0) is 16.8 Å². The summed E-state index contributed by atoms with van der Waals surface area (Å²) < 4.78 is 4.36. The molecule has 3 aromatic rings. The minimum Gasteiger partial charge on any atom is -0.392 e. The highest BCUT2D eigenvalue weighted by molar-refractivity contribution is 5.91. The fraction of sp³-hybridized carbons (Fsp3) is 0.360. The molecule has 156 valence electrons. The molecule has 0 spiro atoms. The lowest BCUT2D eigenvalue weighted by Crippen LogP contribution is -2.47. The Morgan fingerprint density at radius 3 is 2.23 bits per heavy atom. The first kappa shape index (κ1) is 20.4. The SMILES string of the molecule is Cc1n([C@H]2CC[C@@H](C(C(N)=O)(c3ccccc3)c3ccccc3)C2)cc[n+]1CCO. The van der Waals surface area contributed by atoms with Crippen molar-refractivity contribution in [3.8, 4) is 0 Å². The van der Waals surface area contributed by atoms with E-state index in [9.17, 15) is 9.90 Å². The number of imidazole rings is 1. The van der Waals surface area contributed by atoms with Crippen LogP contribution in [0.25, 0.3) is 0 Å². The van der Waals surface area contributed by atoms with E-state index >= 15 is 0 Å². The van der Waals surface area contributed by atoms with E-state index in [-0.39, 0.29) is 18.4 Å². The van der Waals surface area contributed by atoms with Crippen molar-refractivity contribution < 1.29 is 14.5 Å². The Morgan fingerprint density at radius 1 is 1.10 bits per heavy atom. The molecule has 0 bridgehead atoms. The molecule has 3 N–H and O–H groups in total. The van der Waals surface area contributed by atoms with Crippen LogP contribution in [-0.4, -0.2) is 22.2 Å². The van der Waals surface area contributed by atoms with Gasteiger partial charge >= 0.3 is 0 Å². The molecular formula is C25H30N3O2+. The second-order valence-corrected chi connectivity index (χ2v) is 8.24. The second-order valence-electron chi connectivity index (χ2n) is 8.24. The predicted octanol–water partition coefficient (Wildman–Crippen LogP) is 2.89. The smallest absolute Gasteiger partial charge is 0.253 e. The number of benzene rings is 2. The van der Waals surface area contributed by atoms with E-state index in [0.29, 0.717) is 12.6 Å². The van der Waals surface area contributed by atoms with Crippen LogP contribution in [0.5, 0.6) is 0 Å². The Hall–Kier alpha value is -2.92. The molecular weight excluding hydrogens is 374 g/mol. The molecule has 4 rings (SSSR count). The van der Waals surface area contributed by atoms with Gasteiger partial charge < -0.3 is 10.8 Å². The first-order chi connectivity index (χ1) is 14.6. The topological polar surface area (TPSA) is 72.1 Å². The highest BCUT2D eigenvalue weighted by atomic mass is 16.3. The van der Waals surface area contributed by atoms with E-state index < -0.39 is 5.41 Å². The highest BCUT2D eigenvalue weighted by Crippen LogP contribution is 2.49. The number of nitrogens with zero attached hydrogens (tertiary/aromatic N) is 2. The number of hydrogen-bond acceptors (Lipinski definition) is 2. The van der Waals surface area contributed by atoms with Gasteiger partial charge in [0.2, 0.25) is 5.91 Å². The van der Waals surface area contributed by atoms with Gasteiger partial charge in [-0.3, -0.25) is 4.79 Å². The van der Waals surface area contributed by atoms with Gasteiger partial charge in [-0.25, -0.2) is 9.13 Å². The van der Waals surface area contributed by atoms with E-state index in [1.807, 2.05) is 66.9 Å². The van der Waals surface area contributed by atoms with E-state index in [1.54, 1.807) is 0 Å². The average Bonchev–Trinajstić information content (AvgIpc) is 3.38. The van der Waals surface area contributed by atoms with Crippen LogP contribution in [0.15, 0.2) is 73.1 Å². The van der Waals surface area contributed by atoms with Crippen LogP contribution in [0.2, 0.25) is 0 Å². The number of rotatable bonds is 7. The van der Waals surface area contributed by atoms with Gasteiger partial charge in [-0.1, -0.05) is 60.7 Å². The predicted molar refractivity (Wildman–Crippen MR) is 116 cm³/mol. The van der Waals surface area contributed by atoms with Gasteiger partial charge in [-0.05, 0) is 36.3 Å². The minimum absolute atomic E-state index is 0.109. The van der Waals surface area contributed by atoms with E-state index in [2.05, 4.69) is 22.3 Å². The lowest BCUT2D eigenvalue weighted by molar-refractivity contribution is -0.703. The third-order valence-corrected chi connectivity index (χ3v) is 6.80. The van der Waals surface area contributed by atoms with Crippen LogP contribution in [0.4, 0.5) is 0 Å². The summed E-state index contributed by atoms with van der Waals surface area (Å²) in [6, 6.07) is 20.3. The molecule has 2 aromatic carbocycles. The molecule has 0 radical (unpaired) electrons. The Bertz CT molecular complexity index is 958. The number of aliphatic hydroxyl groups excluding tert-OH is 1. The standard InChI is InChI=1S/C25H29N3O2/c1-19-27(16-17-29)14-15-28(19)23-13-12-22(18-23)25(24(26)30,20-8-4-2-5-9-20)21-10-6-3-7-11-21/h2-11,14-15,22-23,29H,12-13,16-18H2,1H3,(H-,26,30)/p+1/t22-,23+/m1/s1. The molecule has 0 saturated heterocycles. The number of primary amides is 1. The summed E-state index contributed by atoms with van der Waals surface area (Å²) in [6.45, 7) is 2.79. The minimum atomic E-state index is -0.848. The third-order valence-electron chi connectivity index (χ3n) is 6.80. The van der Waals surface area contributed by atoms with Gasteiger partial charge in [0.25, 0.3) is 5.82 Å². The van der Waals surface area contributed by atoms with Crippen molar-refractivity contribution in [1.29, 1.82) is 0 Å². The van der Waals surface area contributed by atoms with Crippen molar-refractivity contribution in [2.75, 3.05) is 6.61 Å². The fourth-order valence-corrected chi connectivity index (χ4v) is 5.38. The molecule has 1 heterocycles. The van der Waals surface area contributed by atoms with Crippen molar-refractivity contribution in [2.24, 2.45) is 11.7 Å². The van der Waals surface area contributed by atoms with E-state index in [0.717, 1.165) is 36.2 Å². The molecule has 1 fully saturated rings. The highest BCUT2D eigenvalue weighted by Gasteiger charge is 2.51. The Morgan fingerprint density at radius 2 is 1.70 bits per heavy atom. The molecule has 5 heteroatoms. The van der Waals surface area contributed by atoms with Gasteiger partial charge in [0.05, 0.1) is 6.61 Å². The Balaban J connectivity index is 1.75. The van der Waals surface area contributed by atoms with Gasteiger partial charge in [-0.2, -0.15) is 0 Å². The number of amides is 1. The monoisotopic (exact) mass is 404 g/mol. The molecule has 1 aliphatic carbocycles. The fourth-order valence-electron chi connectivity index (χ4n) is 5.38. The summed E-state index contributed by atoms with van der Waals surface area (Å²) in [4.78, 5) is 13.2. The van der Waals surface area contributed by atoms with Crippen LogP contribution in [0, 0.1) is 12.8 Å². The summed E-state index contributed by atoms with van der Waals surface area (Å²) in [5.41, 5.74) is 7.28. The summed E-state index contributed by atoms with van der Waals surface area (Å²) >= 11 is 0. The van der Waals surface area contributed by atoms with Crippen molar-refractivity contribution >= 4 is 5.91 Å². The molecule has 2 atom stereocenters. The van der Waals surface area contributed by atoms with Crippen LogP contribution < -0.4 is 10.3 Å². The van der Waals surface area contributed by atoms with Gasteiger partial charge in [0, 0.05) is 6.92 Å². The number of aromatic nitrogens is 2. The third kappa shape index (κ3) is 3.33. The molecule has 1 saturated carbocycles. The summed E-state index contributed by atoms with van der Waals surface area (Å²) in [5, 5.41) is 9.30. The van der Waals surface area contributed by atoms with Crippen molar-refractivity contribution in [3.63, 3.8) is 0 Å². The second kappa shape index (κ2) is 8.44. The molecule has 30 heavy (non-hydrogen) atoms. The van der Waals surface area contributed by atoms with Gasteiger partial charge in [0.15, 0.2) is 0 Å². The van der Waals surface area contributed by atoms with Gasteiger partial charge in [-0.15, -0.1) is 0 Å². The Labute approximate surface area is 177 Å². The Kier molecular flexibility index (Phi) is 5.73. The summed E-state index contributed by atoms with van der Waals surface area (Å²) in [7, 11) is 0. The number of aliphatic hydroxyl groups is 1. The van der Waals surface area contributed by atoms with Crippen molar-refractivity contribution in [2.45, 2.75) is 44.2 Å². The summed E-state index contributed by atoms with van der Waals surface area (Å²) in [6.07, 6.45) is 6.91. The van der Waals surface area contributed by atoms with Crippen molar-refractivity contribution in [1.82, 2.24) is 4.57 Å². The maximum absolute atomic E-state index is 13.2. The molecule has 0 aliphatic heterocycles. The number of hydrogen-bond donors (Lipinski definition) is 2. The average molecular weight is 405 g/mol. The maximum atomic E-state index is 13.2. The van der Waals surface area contributed by atoms with Crippen molar-refractivity contribution in [3.05, 3.63) is 90.0 Å². The zero-order valence-corrected chi connectivity index (χ0v) is 17.4. The largest absolute Gasteiger partial charge is 0.392 e. The normalized spacial score (nSPS) is 19.1. The lowest BCUT2D eigenvalue weighted by atomic mass is 9.64. The zero-order chi connectivity index (χ0) is 21.1. The molecule has 1 aromatic heterocycles. The van der Waals surface area contributed by atoms with Gasteiger partial charge in [0.1, 0.15) is 30.4 Å². The number of nitrogens with two attached hydrogens (primary N) is 1. The molecule has 5 nitrogen and oxygen atoms in total. The zero-order valence-electron chi connectivity index (χ0n) is 17.4. The first-order valence-electron chi connectivity index (χ1n) is 10.7. The molecule has 1 amide bonds. The van der Waals surface area contributed by atoms with E-state index in [1.165, 1.54) is 0 Å². The lowest BCUT2D eigenvalue weighted by Gasteiger charge is -2.37. The number of carbonyl (C=O) groups is 1. The molecule has 0 unspecified atom stereocenters. The maximum Gasteiger partial charge on any atom is 0.253 e. The molecule has 1 aliphatic rings. The summed E-state index contributed by atoms with van der Waals surface area (Å²) in [5.74, 6) is 0.946. The first-order valence-corrected chi connectivity index (χ1v) is 10.7. The van der Waals surface area contributed by atoms with Crippen LogP contribution in [0.1, 0.15) is 42.3 Å². The van der Waals surface area contributed by atoms with Crippen LogP contribution >= 0.6 is 0 Å². The number of carbonyl (C=O) groups excluding carboxylic acids is 1. The van der Waals surface area contributed by atoms with Crippen LogP contribution in [0.3, 0.4) is 0 Å². The van der Waals surface area contributed by atoms with E-state index in [4.69, 9.17) is 5.73 Å².